The van der Waals surface area contributed by atoms with Crippen molar-refractivity contribution in [1.29, 1.82) is 0 Å². The second-order valence-corrected chi connectivity index (χ2v) is 10.9. The molecule has 3 nitrogen and oxygen atoms in total. The number of benzene rings is 3. The third kappa shape index (κ3) is 2.85. The van der Waals surface area contributed by atoms with Crippen LogP contribution in [0, 0.1) is 0 Å². The van der Waals surface area contributed by atoms with Crippen molar-refractivity contribution in [1.82, 2.24) is 4.31 Å². The Morgan fingerprint density at radius 1 is 0.963 bits per heavy atom. The molecule has 0 bridgehead atoms. The van der Waals surface area contributed by atoms with Crippen molar-refractivity contribution in [2.24, 2.45) is 0 Å². The summed E-state index contributed by atoms with van der Waals surface area (Å²) < 4.78 is 29.2. The summed E-state index contributed by atoms with van der Waals surface area (Å²) in [5, 5.41) is 2.37. The zero-order chi connectivity index (χ0) is 18.6. The largest absolute Gasteiger partial charge is 0.244 e. The van der Waals surface area contributed by atoms with Crippen LogP contribution in [0.25, 0.3) is 10.8 Å². The van der Waals surface area contributed by atoms with E-state index in [9.17, 15) is 8.42 Å². The van der Waals surface area contributed by atoms with Gasteiger partial charge < -0.3 is 0 Å². The first-order valence-corrected chi connectivity index (χ1v) is 12.3. The lowest BCUT2D eigenvalue weighted by atomic mass is 10.00. The molecular weight excluding hydrogens is 442 g/mol. The number of hydrogen-bond acceptors (Lipinski definition) is 3. The molecule has 0 aromatic heterocycles. The minimum atomic E-state index is -3.53. The van der Waals surface area contributed by atoms with E-state index < -0.39 is 10.0 Å². The van der Waals surface area contributed by atoms with Crippen molar-refractivity contribution in [3.63, 3.8) is 0 Å². The Kier molecular flexibility index (Phi) is 4.35. The predicted molar refractivity (Wildman–Crippen MR) is 115 cm³/mol. The number of hydrogen-bond donors (Lipinski definition) is 0. The van der Waals surface area contributed by atoms with Gasteiger partial charge in [-0.15, -0.1) is 11.8 Å². The summed E-state index contributed by atoms with van der Waals surface area (Å²) >= 11 is 5.09. The molecule has 1 unspecified atom stereocenters. The molecule has 138 valence electrons. The molecule has 1 atom stereocenters. The average molecular weight is 460 g/mol. The molecule has 2 aliphatic rings. The van der Waals surface area contributed by atoms with Gasteiger partial charge in [0, 0.05) is 16.8 Å². The minimum absolute atomic E-state index is 0.177. The quantitative estimate of drug-likeness (QED) is 0.544. The fourth-order valence-electron chi connectivity index (χ4n) is 4.17. The zero-order valence-electron chi connectivity index (χ0n) is 14.6. The van der Waals surface area contributed by atoms with Gasteiger partial charge in [0.25, 0.3) is 0 Å². The number of rotatable bonds is 3. The normalized spacial score (nSPS) is 19.8. The van der Waals surface area contributed by atoms with E-state index in [0.29, 0.717) is 11.4 Å². The van der Waals surface area contributed by atoms with Crippen LogP contribution in [0.5, 0.6) is 0 Å². The Hall–Kier alpha value is -1.34. The van der Waals surface area contributed by atoms with Crippen LogP contribution in [-0.2, 0) is 22.9 Å². The predicted octanol–water partition coefficient (Wildman–Crippen LogP) is 5.14. The number of sulfonamides is 1. The van der Waals surface area contributed by atoms with E-state index in [1.54, 1.807) is 40.3 Å². The average Bonchev–Trinajstić information content (AvgIpc) is 3.32. The smallest absolute Gasteiger partial charge is 0.207 e. The van der Waals surface area contributed by atoms with Crippen molar-refractivity contribution < 1.29 is 8.42 Å². The van der Waals surface area contributed by atoms with Crippen LogP contribution < -0.4 is 0 Å². The van der Waals surface area contributed by atoms with Crippen molar-refractivity contribution in [2.45, 2.75) is 23.1 Å². The molecule has 1 aliphatic carbocycles. The van der Waals surface area contributed by atoms with Gasteiger partial charge in [-0.1, -0.05) is 46.3 Å². The lowest BCUT2D eigenvalue weighted by molar-refractivity contribution is 0.435. The summed E-state index contributed by atoms with van der Waals surface area (Å²) in [6.45, 7) is 0.538. The highest BCUT2D eigenvalue weighted by Gasteiger charge is 2.38. The Bertz CT molecular complexity index is 1130. The van der Waals surface area contributed by atoms with E-state index in [1.165, 1.54) is 21.9 Å². The maximum absolute atomic E-state index is 13.3. The highest BCUT2D eigenvalue weighted by molar-refractivity contribution is 9.10. The molecule has 1 fully saturated rings. The highest BCUT2D eigenvalue weighted by atomic mass is 79.9. The third-order valence-electron chi connectivity index (χ3n) is 5.45. The van der Waals surface area contributed by atoms with Gasteiger partial charge >= 0.3 is 0 Å². The molecule has 5 rings (SSSR count). The van der Waals surface area contributed by atoms with Gasteiger partial charge in [-0.2, -0.15) is 4.31 Å². The molecule has 0 saturated carbocycles. The van der Waals surface area contributed by atoms with E-state index in [-0.39, 0.29) is 5.37 Å². The van der Waals surface area contributed by atoms with E-state index >= 15 is 0 Å². The standard InChI is InChI=1S/C21H18BrNO2S2/c22-16-7-9-17(10-8-16)27(24,25)23-12-13-26-21(23)19-11-6-15-5-4-14-2-1-3-18(19)20(14)15/h1-3,6-11,21H,4-5,12-13H2. The SMILES string of the molecule is O=S(=O)(c1ccc(Br)cc1)N1CCSC1c1ccc2c3c(cccc13)CC2. The number of thioether (sulfide) groups is 1. The van der Waals surface area contributed by atoms with Crippen LogP contribution in [0.1, 0.15) is 22.1 Å². The van der Waals surface area contributed by atoms with E-state index in [2.05, 4.69) is 46.3 Å². The Morgan fingerprint density at radius 2 is 1.70 bits per heavy atom. The first kappa shape index (κ1) is 17.7. The summed E-state index contributed by atoms with van der Waals surface area (Å²) in [6, 6.07) is 17.7. The summed E-state index contributed by atoms with van der Waals surface area (Å²) in [5.74, 6) is 0.809. The molecule has 1 saturated heterocycles. The van der Waals surface area contributed by atoms with E-state index in [4.69, 9.17) is 0 Å². The second-order valence-electron chi connectivity index (χ2n) is 6.95. The number of halogens is 1. The lowest BCUT2D eigenvalue weighted by Crippen LogP contribution is -2.30. The van der Waals surface area contributed by atoms with Gasteiger partial charge in [-0.05, 0) is 64.6 Å². The summed E-state index contributed by atoms with van der Waals surface area (Å²) in [7, 11) is -3.53. The fourth-order valence-corrected chi connectivity index (χ4v) is 7.71. The second kappa shape index (κ2) is 6.62. The Balaban J connectivity index is 1.62. The van der Waals surface area contributed by atoms with Crippen molar-refractivity contribution in [3.8, 4) is 0 Å². The maximum atomic E-state index is 13.3. The monoisotopic (exact) mass is 459 g/mol. The molecule has 1 aliphatic heterocycles. The van der Waals surface area contributed by atoms with Crippen LogP contribution >= 0.6 is 27.7 Å². The molecule has 27 heavy (non-hydrogen) atoms. The van der Waals surface area contributed by atoms with Gasteiger partial charge in [0.05, 0.1) is 10.3 Å². The third-order valence-corrected chi connectivity index (χ3v) is 9.23. The Labute approximate surface area is 171 Å². The first-order chi connectivity index (χ1) is 13.1. The molecule has 0 amide bonds. The van der Waals surface area contributed by atoms with Crippen molar-refractivity contribution in [2.75, 3.05) is 12.3 Å². The van der Waals surface area contributed by atoms with Gasteiger partial charge in [0.1, 0.15) is 0 Å². The molecule has 0 spiro atoms. The highest BCUT2D eigenvalue weighted by Crippen LogP contribution is 2.45. The molecular formula is C21H18BrNO2S2. The first-order valence-electron chi connectivity index (χ1n) is 8.98. The van der Waals surface area contributed by atoms with Crippen LogP contribution in [0.15, 0.2) is 64.0 Å². The fraction of sp³-hybridized carbons (Fsp3) is 0.238. The van der Waals surface area contributed by atoms with Gasteiger partial charge in [0.15, 0.2) is 0 Å². The van der Waals surface area contributed by atoms with Crippen LogP contribution in [0.2, 0.25) is 0 Å². The molecule has 6 heteroatoms. The number of nitrogens with zero attached hydrogens (tertiary/aromatic N) is 1. The van der Waals surface area contributed by atoms with E-state index in [1.807, 2.05) is 0 Å². The Morgan fingerprint density at radius 3 is 2.48 bits per heavy atom. The summed E-state index contributed by atoms with van der Waals surface area (Å²) in [4.78, 5) is 0.351. The van der Waals surface area contributed by atoms with E-state index in [0.717, 1.165) is 28.6 Å². The summed E-state index contributed by atoms with van der Waals surface area (Å²) in [6.07, 6.45) is 2.16. The minimum Gasteiger partial charge on any atom is -0.207 e. The molecule has 3 aromatic rings. The number of aryl methyl sites for hydroxylation is 2. The van der Waals surface area contributed by atoms with Gasteiger partial charge in [0.2, 0.25) is 10.0 Å². The molecule has 0 radical (unpaired) electrons. The van der Waals surface area contributed by atoms with Crippen molar-refractivity contribution >= 4 is 48.5 Å². The zero-order valence-corrected chi connectivity index (χ0v) is 17.8. The summed E-state index contributed by atoms with van der Waals surface area (Å²) in [5.41, 5.74) is 3.88. The van der Waals surface area contributed by atoms with Crippen LogP contribution in [0.4, 0.5) is 0 Å². The lowest BCUT2D eigenvalue weighted by Gasteiger charge is -2.25. The molecule has 0 N–H and O–H groups in total. The molecule has 1 heterocycles. The van der Waals surface area contributed by atoms with Crippen molar-refractivity contribution in [3.05, 3.63) is 75.8 Å². The van der Waals surface area contributed by atoms with Gasteiger partial charge in [-0.3, -0.25) is 0 Å². The maximum Gasteiger partial charge on any atom is 0.244 e. The van der Waals surface area contributed by atoms with Crippen LogP contribution in [0.3, 0.4) is 0 Å². The van der Waals surface area contributed by atoms with Crippen LogP contribution in [-0.4, -0.2) is 25.0 Å². The topological polar surface area (TPSA) is 37.4 Å². The molecule has 3 aromatic carbocycles. The van der Waals surface area contributed by atoms with Gasteiger partial charge in [-0.25, -0.2) is 8.42 Å².